The number of nitrogens with zero attached hydrogens (tertiary/aromatic N) is 1. The molecule has 2 rings (SSSR count). The van der Waals surface area contributed by atoms with Crippen molar-refractivity contribution in [2.45, 2.75) is 33.4 Å². The molecular formula is C20H27N3O3. The van der Waals surface area contributed by atoms with Gasteiger partial charge in [0, 0.05) is 5.69 Å². The molecule has 2 aromatic rings. The second-order valence-electron chi connectivity index (χ2n) is 5.94. The van der Waals surface area contributed by atoms with E-state index in [2.05, 4.69) is 10.3 Å². The number of hydrogen-bond donors (Lipinski definition) is 2. The van der Waals surface area contributed by atoms with E-state index in [1.807, 2.05) is 63.2 Å². The topological polar surface area (TPSA) is 78.1 Å². The second kappa shape index (κ2) is 9.56. The zero-order valence-electron chi connectivity index (χ0n) is 15.8. The summed E-state index contributed by atoms with van der Waals surface area (Å²) in [5.41, 5.74) is 7.82. The Morgan fingerprint density at radius 2 is 1.85 bits per heavy atom. The lowest BCUT2D eigenvalue weighted by Gasteiger charge is -2.11. The first kappa shape index (κ1) is 19.4. The van der Waals surface area contributed by atoms with E-state index >= 15 is 0 Å². The van der Waals surface area contributed by atoms with Crippen molar-refractivity contribution in [3.05, 3.63) is 48.0 Å². The van der Waals surface area contributed by atoms with Crippen molar-refractivity contribution in [2.75, 3.05) is 19.0 Å². The van der Waals surface area contributed by atoms with E-state index in [4.69, 9.17) is 19.9 Å². The molecule has 0 fully saturated rings. The molecule has 0 unspecified atom stereocenters. The second-order valence-corrected chi connectivity index (χ2v) is 5.94. The molecule has 0 amide bonds. The van der Waals surface area contributed by atoms with Crippen LogP contribution in [0, 0.1) is 0 Å². The lowest BCUT2D eigenvalue weighted by atomic mass is 10.2. The van der Waals surface area contributed by atoms with Crippen LogP contribution in [0.2, 0.25) is 0 Å². The molecule has 26 heavy (non-hydrogen) atoms. The fraction of sp³-hybridized carbons (Fsp3) is 0.350. The van der Waals surface area contributed by atoms with Crippen LogP contribution >= 0.6 is 0 Å². The first-order valence-electron chi connectivity index (χ1n) is 8.65. The van der Waals surface area contributed by atoms with E-state index in [9.17, 15) is 0 Å². The smallest absolute Gasteiger partial charge is 0.193 e. The van der Waals surface area contributed by atoms with Crippen LogP contribution in [0.25, 0.3) is 0 Å². The molecule has 3 N–H and O–H groups in total. The van der Waals surface area contributed by atoms with E-state index in [1.165, 1.54) is 0 Å². The summed E-state index contributed by atoms with van der Waals surface area (Å²) in [6.45, 7) is 6.93. The van der Waals surface area contributed by atoms with Crippen molar-refractivity contribution in [1.29, 1.82) is 0 Å². The molecule has 0 aromatic heterocycles. The van der Waals surface area contributed by atoms with Gasteiger partial charge in [-0.25, -0.2) is 4.99 Å². The quantitative estimate of drug-likeness (QED) is 0.555. The Bertz CT molecular complexity index is 728. The first-order valence-corrected chi connectivity index (χ1v) is 8.65. The molecule has 0 aliphatic rings. The van der Waals surface area contributed by atoms with Crippen LogP contribution in [0.15, 0.2) is 47.5 Å². The van der Waals surface area contributed by atoms with Gasteiger partial charge in [0.2, 0.25) is 0 Å². The highest BCUT2D eigenvalue weighted by atomic mass is 16.5. The first-order chi connectivity index (χ1) is 12.5. The van der Waals surface area contributed by atoms with Crippen molar-refractivity contribution >= 4 is 11.6 Å². The van der Waals surface area contributed by atoms with Gasteiger partial charge in [0.15, 0.2) is 17.5 Å². The number of benzene rings is 2. The molecule has 0 atom stereocenters. The van der Waals surface area contributed by atoms with Gasteiger partial charge in [-0.2, -0.15) is 0 Å². The third kappa shape index (κ3) is 5.88. The highest BCUT2D eigenvalue weighted by molar-refractivity contribution is 5.92. The van der Waals surface area contributed by atoms with Gasteiger partial charge < -0.3 is 25.3 Å². The Morgan fingerprint density at radius 1 is 1.12 bits per heavy atom. The number of hydrogen-bond acceptors (Lipinski definition) is 4. The van der Waals surface area contributed by atoms with Crippen molar-refractivity contribution in [3.63, 3.8) is 0 Å². The molecule has 0 aliphatic carbocycles. The Hall–Kier alpha value is -2.89. The molecule has 0 heterocycles. The molecule has 0 saturated carbocycles. The maximum atomic E-state index is 5.98. The van der Waals surface area contributed by atoms with Gasteiger partial charge in [-0.05, 0) is 62.7 Å². The van der Waals surface area contributed by atoms with Crippen LogP contribution in [0.3, 0.4) is 0 Å². The van der Waals surface area contributed by atoms with Crippen LogP contribution in [0.5, 0.6) is 17.2 Å². The molecule has 0 bridgehead atoms. The van der Waals surface area contributed by atoms with Crippen LogP contribution in [0.4, 0.5) is 5.69 Å². The highest BCUT2D eigenvalue weighted by Crippen LogP contribution is 2.28. The Balaban J connectivity index is 1.98. The molecule has 0 radical (unpaired) electrons. The number of aliphatic imine (C=N–C) groups is 1. The molecule has 6 nitrogen and oxygen atoms in total. The van der Waals surface area contributed by atoms with Crippen LogP contribution in [-0.4, -0.2) is 25.8 Å². The SMILES string of the molecule is CCOc1cc(CN=C(N)Nc2ccc(OC(C)C)cc2)ccc1OC. The van der Waals surface area contributed by atoms with Gasteiger partial charge in [-0.1, -0.05) is 6.07 Å². The van der Waals surface area contributed by atoms with Gasteiger partial charge in [-0.15, -0.1) is 0 Å². The molecule has 0 aliphatic heterocycles. The molecule has 140 valence electrons. The number of methoxy groups -OCH3 is 1. The fourth-order valence-corrected chi connectivity index (χ4v) is 2.34. The minimum absolute atomic E-state index is 0.145. The largest absolute Gasteiger partial charge is 0.493 e. The summed E-state index contributed by atoms with van der Waals surface area (Å²) in [6.07, 6.45) is 0.145. The van der Waals surface area contributed by atoms with E-state index in [0.29, 0.717) is 30.6 Å². The van der Waals surface area contributed by atoms with E-state index in [-0.39, 0.29) is 6.10 Å². The molecule has 0 spiro atoms. The van der Waals surface area contributed by atoms with Crippen LogP contribution in [-0.2, 0) is 6.54 Å². The summed E-state index contributed by atoms with van der Waals surface area (Å²) in [7, 11) is 1.62. The summed E-state index contributed by atoms with van der Waals surface area (Å²) in [5, 5.41) is 3.07. The predicted octanol–water partition coefficient (Wildman–Crippen LogP) is 3.81. The van der Waals surface area contributed by atoms with Gasteiger partial charge in [0.1, 0.15) is 5.75 Å². The highest BCUT2D eigenvalue weighted by Gasteiger charge is 2.05. The minimum Gasteiger partial charge on any atom is -0.493 e. The lowest BCUT2D eigenvalue weighted by Crippen LogP contribution is -2.22. The van der Waals surface area contributed by atoms with E-state index in [1.54, 1.807) is 7.11 Å². The average molecular weight is 357 g/mol. The van der Waals surface area contributed by atoms with Gasteiger partial charge in [0.25, 0.3) is 0 Å². The summed E-state index contributed by atoms with van der Waals surface area (Å²) >= 11 is 0. The summed E-state index contributed by atoms with van der Waals surface area (Å²) in [5.74, 6) is 2.57. The number of nitrogens with one attached hydrogen (secondary N) is 1. The summed E-state index contributed by atoms with van der Waals surface area (Å²) in [6, 6.07) is 13.3. The Morgan fingerprint density at radius 3 is 2.46 bits per heavy atom. The van der Waals surface area contributed by atoms with Gasteiger partial charge >= 0.3 is 0 Å². The number of rotatable bonds is 8. The molecule has 2 aromatic carbocycles. The average Bonchev–Trinajstić information content (AvgIpc) is 2.62. The molecular weight excluding hydrogens is 330 g/mol. The zero-order chi connectivity index (χ0) is 18.9. The minimum atomic E-state index is 0.145. The maximum absolute atomic E-state index is 5.98. The lowest BCUT2D eigenvalue weighted by molar-refractivity contribution is 0.242. The normalized spacial score (nSPS) is 11.3. The van der Waals surface area contributed by atoms with Crippen LogP contribution in [0.1, 0.15) is 26.3 Å². The van der Waals surface area contributed by atoms with Crippen molar-refractivity contribution < 1.29 is 14.2 Å². The van der Waals surface area contributed by atoms with Crippen molar-refractivity contribution in [1.82, 2.24) is 0 Å². The monoisotopic (exact) mass is 357 g/mol. The van der Waals surface area contributed by atoms with Gasteiger partial charge in [0.05, 0.1) is 26.4 Å². The molecule has 0 saturated heterocycles. The number of anilines is 1. The summed E-state index contributed by atoms with van der Waals surface area (Å²) < 4.78 is 16.5. The number of ether oxygens (including phenoxy) is 3. The predicted molar refractivity (Wildman–Crippen MR) is 105 cm³/mol. The fourth-order valence-electron chi connectivity index (χ4n) is 2.34. The van der Waals surface area contributed by atoms with Crippen molar-refractivity contribution in [2.24, 2.45) is 10.7 Å². The van der Waals surface area contributed by atoms with Gasteiger partial charge in [-0.3, -0.25) is 0 Å². The van der Waals surface area contributed by atoms with Crippen molar-refractivity contribution in [3.8, 4) is 17.2 Å². The maximum Gasteiger partial charge on any atom is 0.193 e. The Labute approximate surface area is 155 Å². The zero-order valence-corrected chi connectivity index (χ0v) is 15.8. The van der Waals surface area contributed by atoms with E-state index in [0.717, 1.165) is 17.0 Å². The molecule has 6 heteroatoms. The summed E-state index contributed by atoms with van der Waals surface area (Å²) in [4.78, 5) is 4.37. The number of guanidine groups is 1. The standard InChI is InChI=1S/C20H27N3O3/c1-5-25-19-12-15(6-11-18(19)24-4)13-22-20(21)23-16-7-9-17(10-8-16)26-14(2)3/h6-12,14H,5,13H2,1-4H3,(H3,21,22,23). The third-order valence-electron chi connectivity index (χ3n) is 3.46. The third-order valence-corrected chi connectivity index (χ3v) is 3.46. The van der Waals surface area contributed by atoms with E-state index < -0.39 is 0 Å². The number of nitrogens with two attached hydrogens (primary N) is 1. The van der Waals surface area contributed by atoms with Crippen LogP contribution < -0.4 is 25.3 Å². The Kier molecular flexibility index (Phi) is 7.14.